The number of ether oxygens (including phenoxy) is 2. The summed E-state index contributed by atoms with van der Waals surface area (Å²) < 4.78 is 50.5. The molecule has 0 spiro atoms. The summed E-state index contributed by atoms with van der Waals surface area (Å²) in [4.78, 5) is 23.5. The monoisotopic (exact) mass is 498 g/mol. The highest BCUT2D eigenvalue weighted by Gasteiger charge is 2.30. The number of carbonyl (C=O) groups is 1. The van der Waals surface area contributed by atoms with Gasteiger partial charge in [-0.25, -0.2) is 9.97 Å². The van der Waals surface area contributed by atoms with E-state index in [1.807, 2.05) is 49.3 Å². The average molecular weight is 499 g/mol. The number of hydrogen-bond acceptors (Lipinski definition) is 6. The van der Waals surface area contributed by atoms with Gasteiger partial charge in [0.05, 0.1) is 37.4 Å². The number of ketones is 1. The Morgan fingerprint density at radius 1 is 0.972 bits per heavy atom. The number of nitrogens with zero attached hydrogens (tertiary/aromatic N) is 4. The maximum Gasteiger partial charge on any atom is 0.389 e. The fourth-order valence-corrected chi connectivity index (χ4v) is 3.91. The lowest BCUT2D eigenvalue weighted by Gasteiger charge is -2.16. The number of fused-ring (bicyclic) bond motifs is 1. The number of Topliss-reactive ketones (excluding diaryl/α,β-unsaturated/α-hetero) is 1. The third-order valence-electron chi connectivity index (χ3n) is 5.77. The number of methoxy groups -OCH3 is 2. The highest BCUT2D eigenvalue weighted by Crippen LogP contribution is 2.36. The van der Waals surface area contributed by atoms with Crippen LogP contribution >= 0.6 is 0 Å². The quantitative estimate of drug-likeness (QED) is 0.291. The van der Waals surface area contributed by atoms with Gasteiger partial charge in [0.1, 0.15) is 29.2 Å². The molecule has 7 nitrogen and oxygen atoms in total. The molecule has 0 N–H and O–H groups in total. The second kappa shape index (κ2) is 9.88. The normalized spacial score (nSPS) is 11.5. The first-order valence-corrected chi connectivity index (χ1v) is 11.1. The SMILES string of the molecule is COc1cc(-n2cnc3cc(-c4ccc(N(C)C)nc4)ccc32)cc(OC)c1C(=O)CCC(F)(F)F. The van der Waals surface area contributed by atoms with Gasteiger partial charge in [-0.05, 0) is 29.8 Å². The van der Waals surface area contributed by atoms with E-state index in [-0.39, 0.29) is 17.1 Å². The number of alkyl halides is 3. The summed E-state index contributed by atoms with van der Waals surface area (Å²) in [6.45, 7) is 0. The Hall–Kier alpha value is -4.08. The molecular formula is C26H25F3N4O3. The van der Waals surface area contributed by atoms with Crippen LogP contribution in [0.25, 0.3) is 27.8 Å². The van der Waals surface area contributed by atoms with Crippen LogP contribution in [0, 0.1) is 0 Å². The maximum absolute atomic E-state index is 12.7. The Kier molecular flexibility index (Phi) is 6.87. The fourth-order valence-electron chi connectivity index (χ4n) is 3.91. The summed E-state index contributed by atoms with van der Waals surface area (Å²) in [7, 11) is 6.56. The van der Waals surface area contributed by atoms with Crippen LogP contribution in [0.4, 0.5) is 19.0 Å². The first kappa shape index (κ1) is 25.0. The Morgan fingerprint density at radius 3 is 2.19 bits per heavy atom. The van der Waals surface area contributed by atoms with Crippen molar-refractivity contribution in [3.8, 4) is 28.3 Å². The molecule has 0 saturated heterocycles. The average Bonchev–Trinajstić information content (AvgIpc) is 3.29. The molecule has 4 aromatic rings. The molecular weight excluding hydrogens is 473 g/mol. The summed E-state index contributed by atoms with van der Waals surface area (Å²) in [5, 5.41) is 0. The Bertz CT molecular complexity index is 1370. The molecule has 0 bridgehead atoms. The molecule has 0 aliphatic carbocycles. The molecule has 0 atom stereocenters. The van der Waals surface area contributed by atoms with Crippen molar-refractivity contribution in [3.63, 3.8) is 0 Å². The van der Waals surface area contributed by atoms with Crippen LogP contribution in [0.15, 0.2) is 55.0 Å². The van der Waals surface area contributed by atoms with Crippen molar-refractivity contribution >= 4 is 22.6 Å². The van der Waals surface area contributed by atoms with Crippen molar-refractivity contribution in [2.75, 3.05) is 33.2 Å². The van der Waals surface area contributed by atoms with Crippen molar-refractivity contribution in [1.29, 1.82) is 0 Å². The van der Waals surface area contributed by atoms with Gasteiger partial charge >= 0.3 is 6.18 Å². The molecule has 10 heteroatoms. The summed E-state index contributed by atoms with van der Waals surface area (Å²) in [5.74, 6) is 0.401. The first-order chi connectivity index (χ1) is 17.1. The Morgan fingerprint density at radius 2 is 1.64 bits per heavy atom. The van der Waals surface area contributed by atoms with Gasteiger partial charge in [0, 0.05) is 44.4 Å². The van der Waals surface area contributed by atoms with Crippen LogP contribution in [-0.4, -0.2) is 54.8 Å². The lowest BCUT2D eigenvalue weighted by molar-refractivity contribution is -0.133. The second-order valence-corrected chi connectivity index (χ2v) is 8.38. The predicted molar refractivity (Wildman–Crippen MR) is 131 cm³/mol. The van der Waals surface area contributed by atoms with Crippen LogP contribution in [0.3, 0.4) is 0 Å². The molecule has 0 saturated carbocycles. The van der Waals surface area contributed by atoms with E-state index in [9.17, 15) is 18.0 Å². The molecule has 2 heterocycles. The highest BCUT2D eigenvalue weighted by molar-refractivity contribution is 6.02. The van der Waals surface area contributed by atoms with Gasteiger partial charge in [-0.1, -0.05) is 6.07 Å². The summed E-state index contributed by atoms with van der Waals surface area (Å²) >= 11 is 0. The van der Waals surface area contributed by atoms with E-state index in [0.29, 0.717) is 5.69 Å². The molecule has 0 fully saturated rings. The fraction of sp³-hybridized carbons (Fsp3) is 0.269. The third-order valence-corrected chi connectivity index (χ3v) is 5.77. The molecule has 36 heavy (non-hydrogen) atoms. The minimum atomic E-state index is -4.44. The van der Waals surface area contributed by atoms with Crippen molar-refractivity contribution in [1.82, 2.24) is 14.5 Å². The first-order valence-electron chi connectivity index (χ1n) is 11.1. The van der Waals surface area contributed by atoms with Crippen LogP contribution in [0.1, 0.15) is 23.2 Å². The number of benzene rings is 2. The lowest BCUT2D eigenvalue weighted by Crippen LogP contribution is -2.13. The minimum Gasteiger partial charge on any atom is -0.496 e. The number of rotatable bonds is 8. The van der Waals surface area contributed by atoms with E-state index >= 15 is 0 Å². The van der Waals surface area contributed by atoms with Crippen LogP contribution in [0.2, 0.25) is 0 Å². The van der Waals surface area contributed by atoms with Crippen LogP contribution in [0.5, 0.6) is 11.5 Å². The van der Waals surface area contributed by atoms with Crippen LogP contribution in [-0.2, 0) is 0 Å². The number of aromatic nitrogens is 3. The van der Waals surface area contributed by atoms with Crippen LogP contribution < -0.4 is 14.4 Å². The van der Waals surface area contributed by atoms with Crippen molar-refractivity contribution in [3.05, 3.63) is 60.6 Å². The van der Waals surface area contributed by atoms with Gasteiger partial charge in [-0.15, -0.1) is 0 Å². The van der Waals surface area contributed by atoms with Gasteiger partial charge < -0.3 is 14.4 Å². The van der Waals surface area contributed by atoms with E-state index in [4.69, 9.17) is 9.47 Å². The van der Waals surface area contributed by atoms with Crippen molar-refractivity contribution in [2.45, 2.75) is 19.0 Å². The van der Waals surface area contributed by atoms with Gasteiger partial charge in [0.25, 0.3) is 0 Å². The topological polar surface area (TPSA) is 69.5 Å². The number of imidazole rings is 1. The summed E-state index contributed by atoms with van der Waals surface area (Å²) in [6.07, 6.45) is -2.92. The molecule has 188 valence electrons. The third kappa shape index (κ3) is 5.12. The second-order valence-electron chi connectivity index (χ2n) is 8.38. The van der Waals surface area contributed by atoms with E-state index in [1.54, 1.807) is 29.2 Å². The number of hydrogen-bond donors (Lipinski definition) is 0. The van der Waals surface area contributed by atoms with E-state index in [1.165, 1.54) is 14.2 Å². The standard InChI is InChI=1S/C26H25F3N4O3/c1-32(2)24-8-6-17(14-30-24)16-5-7-20-19(11-16)31-15-33(20)18-12-22(35-3)25(23(13-18)36-4)21(34)9-10-26(27,28)29/h5-8,11-15H,9-10H2,1-4H3. The van der Waals surface area contributed by atoms with E-state index < -0.39 is 24.8 Å². The molecule has 2 aromatic carbocycles. The smallest absolute Gasteiger partial charge is 0.389 e. The predicted octanol–water partition coefficient (Wildman–Crippen LogP) is 5.70. The van der Waals surface area contributed by atoms with Gasteiger partial charge in [0.2, 0.25) is 0 Å². The van der Waals surface area contributed by atoms with Crippen molar-refractivity contribution in [2.24, 2.45) is 0 Å². The molecule has 2 aromatic heterocycles. The number of halogens is 3. The van der Waals surface area contributed by atoms with Gasteiger partial charge in [-0.2, -0.15) is 13.2 Å². The minimum absolute atomic E-state index is 0.0200. The number of pyridine rings is 1. The zero-order valence-electron chi connectivity index (χ0n) is 20.3. The zero-order valence-corrected chi connectivity index (χ0v) is 20.3. The highest BCUT2D eigenvalue weighted by atomic mass is 19.4. The molecule has 0 unspecified atom stereocenters. The lowest BCUT2D eigenvalue weighted by atomic mass is 10.0. The number of anilines is 1. The van der Waals surface area contributed by atoms with Crippen molar-refractivity contribution < 1.29 is 27.4 Å². The Balaban J connectivity index is 1.70. The molecule has 4 rings (SSSR count). The molecule has 0 aliphatic rings. The largest absolute Gasteiger partial charge is 0.496 e. The molecule has 0 amide bonds. The summed E-state index contributed by atoms with van der Waals surface area (Å²) in [6, 6.07) is 12.9. The molecule has 0 aliphatic heterocycles. The van der Waals surface area contributed by atoms with E-state index in [0.717, 1.165) is 28.0 Å². The summed E-state index contributed by atoms with van der Waals surface area (Å²) in [5.41, 5.74) is 3.98. The molecule has 0 radical (unpaired) electrons. The van der Waals surface area contributed by atoms with E-state index in [2.05, 4.69) is 9.97 Å². The Labute approximate surface area is 206 Å². The zero-order chi connectivity index (χ0) is 26.0. The maximum atomic E-state index is 12.7. The van der Waals surface area contributed by atoms with Gasteiger partial charge in [-0.3, -0.25) is 9.36 Å². The van der Waals surface area contributed by atoms with Gasteiger partial charge in [0.15, 0.2) is 5.78 Å². The number of carbonyl (C=O) groups excluding carboxylic acids is 1.